The minimum atomic E-state index is 0.0642. The molecule has 2 rings (SSSR count). The highest BCUT2D eigenvalue weighted by atomic mass is 16.5. The first kappa shape index (κ1) is 14.1. The molecule has 2 aromatic rings. The molecular weight excluding hydrogens is 256 g/mol. The molecule has 0 heterocycles. The Hall–Kier alpha value is -2.36. The first-order valence-corrected chi connectivity index (χ1v) is 6.35. The van der Waals surface area contributed by atoms with Gasteiger partial charge in [-0.15, -0.1) is 0 Å². The highest BCUT2D eigenvalue weighted by molar-refractivity contribution is 5.41. The molecule has 20 heavy (non-hydrogen) atoms. The van der Waals surface area contributed by atoms with Crippen molar-refractivity contribution in [3.05, 3.63) is 47.5 Å². The number of hydrogen-bond donors (Lipinski definition) is 2. The predicted octanol–water partition coefficient (Wildman–Crippen LogP) is 2.90. The summed E-state index contributed by atoms with van der Waals surface area (Å²) in [4.78, 5) is 0. The van der Waals surface area contributed by atoms with Crippen LogP contribution in [0, 0.1) is 0 Å². The van der Waals surface area contributed by atoms with Gasteiger partial charge >= 0.3 is 0 Å². The van der Waals surface area contributed by atoms with Gasteiger partial charge in [0.15, 0.2) is 0 Å². The fourth-order valence-electron chi connectivity index (χ4n) is 2.05. The van der Waals surface area contributed by atoms with Crippen LogP contribution < -0.4 is 9.47 Å². The van der Waals surface area contributed by atoms with Gasteiger partial charge in [-0.2, -0.15) is 0 Å². The van der Waals surface area contributed by atoms with Crippen LogP contribution in [-0.2, 0) is 12.8 Å². The second-order valence-corrected chi connectivity index (χ2v) is 4.53. The summed E-state index contributed by atoms with van der Waals surface area (Å²) < 4.78 is 10.5. The molecule has 0 saturated heterocycles. The Kier molecular flexibility index (Phi) is 4.35. The minimum Gasteiger partial charge on any atom is -0.508 e. The third kappa shape index (κ3) is 3.35. The van der Waals surface area contributed by atoms with Gasteiger partial charge in [0, 0.05) is 12.1 Å². The van der Waals surface area contributed by atoms with Gasteiger partial charge in [0.1, 0.15) is 23.0 Å². The van der Waals surface area contributed by atoms with Crippen LogP contribution in [0.3, 0.4) is 0 Å². The summed E-state index contributed by atoms with van der Waals surface area (Å²) in [5.41, 5.74) is 1.86. The maximum atomic E-state index is 9.76. The second kappa shape index (κ2) is 6.19. The number of phenolic OH excluding ortho intramolecular Hbond substituents is 2. The molecule has 0 saturated carbocycles. The van der Waals surface area contributed by atoms with E-state index in [1.165, 1.54) is 6.07 Å². The summed E-state index contributed by atoms with van der Waals surface area (Å²) in [6.45, 7) is 0. The molecule has 0 spiro atoms. The number of aryl methyl sites for hydroxylation is 2. The number of rotatable bonds is 5. The molecular formula is C16H18O4. The quantitative estimate of drug-likeness (QED) is 0.880. The Labute approximate surface area is 118 Å². The minimum absolute atomic E-state index is 0.0642. The SMILES string of the molecule is COc1cc(CCc2ccc(O)cc2O)cc(OC)c1. The predicted molar refractivity (Wildman–Crippen MR) is 76.7 cm³/mol. The van der Waals surface area contributed by atoms with Crippen LogP contribution in [0.1, 0.15) is 11.1 Å². The van der Waals surface area contributed by atoms with E-state index in [1.54, 1.807) is 26.4 Å². The van der Waals surface area contributed by atoms with Crippen molar-refractivity contribution in [2.45, 2.75) is 12.8 Å². The van der Waals surface area contributed by atoms with Gasteiger partial charge in [0.25, 0.3) is 0 Å². The van der Waals surface area contributed by atoms with Gasteiger partial charge in [-0.1, -0.05) is 6.07 Å². The standard InChI is InChI=1S/C16H18O4/c1-19-14-7-11(8-15(10-14)20-2)3-4-12-5-6-13(17)9-16(12)18/h5-10,17-18H,3-4H2,1-2H3. The molecule has 0 radical (unpaired) electrons. The largest absolute Gasteiger partial charge is 0.508 e. The molecule has 0 atom stereocenters. The molecule has 4 heteroatoms. The summed E-state index contributed by atoms with van der Waals surface area (Å²) in [6, 6.07) is 10.4. The van der Waals surface area contributed by atoms with E-state index in [0.29, 0.717) is 6.42 Å². The number of benzene rings is 2. The smallest absolute Gasteiger partial charge is 0.122 e. The molecule has 0 aliphatic rings. The lowest BCUT2D eigenvalue weighted by molar-refractivity contribution is 0.393. The molecule has 2 aromatic carbocycles. The van der Waals surface area contributed by atoms with Gasteiger partial charge in [-0.05, 0) is 42.2 Å². The normalized spacial score (nSPS) is 10.3. The van der Waals surface area contributed by atoms with Crippen LogP contribution in [0.4, 0.5) is 0 Å². The average Bonchev–Trinajstić information content (AvgIpc) is 2.46. The topological polar surface area (TPSA) is 58.9 Å². The molecule has 0 bridgehead atoms. The van der Waals surface area contributed by atoms with Crippen molar-refractivity contribution in [3.63, 3.8) is 0 Å². The summed E-state index contributed by atoms with van der Waals surface area (Å²) in [7, 11) is 3.23. The summed E-state index contributed by atoms with van der Waals surface area (Å²) in [5, 5.41) is 19.0. The summed E-state index contributed by atoms with van der Waals surface area (Å²) in [5.74, 6) is 1.66. The van der Waals surface area contributed by atoms with E-state index in [1.807, 2.05) is 18.2 Å². The van der Waals surface area contributed by atoms with Crippen molar-refractivity contribution in [3.8, 4) is 23.0 Å². The molecule has 0 unspecified atom stereocenters. The van der Waals surface area contributed by atoms with E-state index in [0.717, 1.165) is 29.0 Å². The third-order valence-corrected chi connectivity index (χ3v) is 3.16. The van der Waals surface area contributed by atoms with E-state index in [9.17, 15) is 10.2 Å². The summed E-state index contributed by atoms with van der Waals surface area (Å²) in [6.07, 6.45) is 1.41. The van der Waals surface area contributed by atoms with Crippen molar-refractivity contribution in [1.29, 1.82) is 0 Å². The molecule has 106 valence electrons. The average molecular weight is 274 g/mol. The molecule has 0 aliphatic carbocycles. The lowest BCUT2D eigenvalue weighted by atomic mass is 10.0. The molecule has 0 aliphatic heterocycles. The molecule has 2 N–H and O–H groups in total. The monoisotopic (exact) mass is 274 g/mol. The Bertz CT molecular complexity index is 571. The highest BCUT2D eigenvalue weighted by Gasteiger charge is 2.06. The second-order valence-electron chi connectivity index (χ2n) is 4.53. The first-order chi connectivity index (χ1) is 9.62. The van der Waals surface area contributed by atoms with Crippen LogP contribution in [-0.4, -0.2) is 24.4 Å². The lowest BCUT2D eigenvalue weighted by Crippen LogP contribution is -1.95. The number of phenols is 2. The van der Waals surface area contributed by atoms with Gasteiger partial charge in [0.05, 0.1) is 14.2 Å². The van der Waals surface area contributed by atoms with E-state index in [2.05, 4.69) is 0 Å². The van der Waals surface area contributed by atoms with Crippen molar-refractivity contribution >= 4 is 0 Å². The Morgan fingerprint density at radius 2 is 1.50 bits per heavy atom. The van der Waals surface area contributed by atoms with Crippen LogP contribution in [0.15, 0.2) is 36.4 Å². The van der Waals surface area contributed by atoms with E-state index in [-0.39, 0.29) is 11.5 Å². The Morgan fingerprint density at radius 3 is 2.05 bits per heavy atom. The van der Waals surface area contributed by atoms with Crippen molar-refractivity contribution in [1.82, 2.24) is 0 Å². The molecule has 0 aromatic heterocycles. The van der Waals surface area contributed by atoms with Crippen molar-refractivity contribution in [2.75, 3.05) is 14.2 Å². The number of aromatic hydroxyl groups is 2. The van der Waals surface area contributed by atoms with E-state index >= 15 is 0 Å². The van der Waals surface area contributed by atoms with Gasteiger partial charge in [0.2, 0.25) is 0 Å². The number of ether oxygens (including phenoxy) is 2. The highest BCUT2D eigenvalue weighted by Crippen LogP contribution is 2.26. The zero-order valence-corrected chi connectivity index (χ0v) is 11.6. The Balaban J connectivity index is 2.13. The van der Waals surface area contributed by atoms with Gasteiger partial charge in [-0.3, -0.25) is 0 Å². The van der Waals surface area contributed by atoms with E-state index < -0.39 is 0 Å². The summed E-state index contributed by atoms with van der Waals surface area (Å²) >= 11 is 0. The van der Waals surface area contributed by atoms with Gasteiger partial charge < -0.3 is 19.7 Å². The molecule has 4 nitrogen and oxygen atoms in total. The Morgan fingerprint density at radius 1 is 0.850 bits per heavy atom. The van der Waals surface area contributed by atoms with Crippen molar-refractivity contribution < 1.29 is 19.7 Å². The van der Waals surface area contributed by atoms with Crippen LogP contribution in [0.5, 0.6) is 23.0 Å². The third-order valence-electron chi connectivity index (χ3n) is 3.16. The van der Waals surface area contributed by atoms with Crippen LogP contribution in [0.2, 0.25) is 0 Å². The molecule has 0 amide bonds. The zero-order chi connectivity index (χ0) is 14.5. The van der Waals surface area contributed by atoms with Gasteiger partial charge in [-0.25, -0.2) is 0 Å². The first-order valence-electron chi connectivity index (χ1n) is 6.35. The zero-order valence-electron chi connectivity index (χ0n) is 11.6. The van der Waals surface area contributed by atoms with Crippen molar-refractivity contribution in [2.24, 2.45) is 0 Å². The lowest BCUT2D eigenvalue weighted by Gasteiger charge is -2.09. The maximum Gasteiger partial charge on any atom is 0.122 e. The van der Waals surface area contributed by atoms with E-state index in [4.69, 9.17) is 9.47 Å². The van der Waals surface area contributed by atoms with Crippen LogP contribution >= 0.6 is 0 Å². The number of hydrogen-bond acceptors (Lipinski definition) is 4. The molecule has 0 fully saturated rings. The maximum absolute atomic E-state index is 9.76. The number of methoxy groups -OCH3 is 2. The van der Waals surface area contributed by atoms with Crippen LogP contribution in [0.25, 0.3) is 0 Å². The fraction of sp³-hybridized carbons (Fsp3) is 0.250. The fourth-order valence-corrected chi connectivity index (χ4v) is 2.05.